The molecule has 0 heterocycles. The molecule has 0 saturated carbocycles. The summed E-state index contributed by atoms with van der Waals surface area (Å²) < 4.78 is 0. The molecule has 0 spiro atoms. The Kier molecular flexibility index (Phi) is 5.63. The predicted octanol–water partition coefficient (Wildman–Crippen LogP) is 3.12. The lowest BCUT2D eigenvalue weighted by Crippen LogP contribution is -2.29. The van der Waals surface area contributed by atoms with Crippen molar-refractivity contribution in [3.8, 4) is 0 Å². The van der Waals surface area contributed by atoms with Crippen molar-refractivity contribution in [2.45, 2.75) is 27.2 Å². The molecular weight excluding hydrogens is 264 g/mol. The number of hydrogen-bond donors (Lipinski definition) is 3. The summed E-state index contributed by atoms with van der Waals surface area (Å²) in [5.41, 5.74) is 1.32. The van der Waals surface area contributed by atoms with E-state index in [1.54, 1.807) is 12.1 Å². The minimum atomic E-state index is -0.151. The molecule has 5 heteroatoms. The Balaban J connectivity index is 2.71. The first-order valence-electron chi connectivity index (χ1n) is 6.32. The first-order chi connectivity index (χ1) is 8.90. The first kappa shape index (κ1) is 15.8. The molecule has 106 valence electrons. The highest BCUT2D eigenvalue weighted by molar-refractivity contribution is 6.34. The summed E-state index contributed by atoms with van der Waals surface area (Å²) >= 11 is 6.09. The fourth-order valence-corrected chi connectivity index (χ4v) is 1.75. The maximum Gasteiger partial charge on any atom is 0.221 e. The zero-order valence-corrected chi connectivity index (χ0v) is 12.3. The summed E-state index contributed by atoms with van der Waals surface area (Å²) in [4.78, 5) is 11.0. The second-order valence-corrected chi connectivity index (χ2v) is 5.46. The van der Waals surface area contributed by atoms with Gasteiger partial charge in [-0.15, -0.1) is 0 Å². The van der Waals surface area contributed by atoms with Gasteiger partial charge in [0.15, 0.2) is 0 Å². The van der Waals surface area contributed by atoms with Gasteiger partial charge in [-0.25, -0.2) is 0 Å². The second-order valence-electron chi connectivity index (χ2n) is 5.05. The van der Waals surface area contributed by atoms with Gasteiger partial charge in [0.2, 0.25) is 5.91 Å². The van der Waals surface area contributed by atoms with Crippen LogP contribution in [-0.2, 0) is 4.79 Å². The van der Waals surface area contributed by atoms with E-state index in [0.717, 1.165) is 12.1 Å². The van der Waals surface area contributed by atoms with E-state index in [1.807, 2.05) is 19.9 Å². The molecule has 0 aliphatic carbocycles. The van der Waals surface area contributed by atoms with Gasteiger partial charge in [0.05, 0.1) is 17.3 Å². The molecule has 1 aromatic rings. The number of hydrogen-bond acceptors (Lipinski definition) is 3. The van der Waals surface area contributed by atoms with E-state index in [1.165, 1.54) is 6.92 Å². The van der Waals surface area contributed by atoms with Crippen LogP contribution in [0.5, 0.6) is 0 Å². The Labute approximate surface area is 119 Å². The summed E-state index contributed by atoms with van der Waals surface area (Å²) in [7, 11) is 0. The van der Waals surface area contributed by atoms with Crippen LogP contribution in [0.15, 0.2) is 18.2 Å². The maximum atomic E-state index is 11.0. The molecular formula is C14H21ClN2O2. The van der Waals surface area contributed by atoms with Gasteiger partial charge in [-0.1, -0.05) is 25.4 Å². The Morgan fingerprint density at radius 1 is 1.47 bits per heavy atom. The summed E-state index contributed by atoms with van der Waals surface area (Å²) in [6.07, 6.45) is 0.883. The lowest BCUT2D eigenvalue weighted by atomic mass is 9.88. The fraction of sp³-hybridized carbons (Fsp3) is 0.500. The zero-order valence-electron chi connectivity index (χ0n) is 11.6. The molecule has 1 unspecified atom stereocenters. The zero-order chi connectivity index (χ0) is 14.5. The van der Waals surface area contributed by atoms with Crippen LogP contribution in [0.2, 0.25) is 5.02 Å². The highest BCUT2D eigenvalue weighted by Gasteiger charge is 2.20. The number of carbonyl (C=O) groups excluding carboxylic acids is 1. The van der Waals surface area contributed by atoms with Gasteiger partial charge in [0, 0.05) is 24.6 Å². The summed E-state index contributed by atoms with van der Waals surface area (Å²) in [6.45, 7) is 6.30. The van der Waals surface area contributed by atoms with E-state index >= 15 is 0 Å². The van der Waals surface area contributed by atoms with E-state index in [4.69, 9.17) is 11.6 Å². The van der Waals surface area contributed by atoms with E-state index < -0.39 is 0 Å². The van der Waals surface area contributed by atoms with Crippen molar-refractivity contribution >= 4 is 28.9 Å². The van der Waals surface area contributed by atoms with Crippen LogP contribution in [0.1, 0.15) is 27.2 Å². The molecule has 0 radical (unpaired) electrons. The van der Waals surface area contributed by atoms with Crippen molar-refractivity contribution in [3.05, 3.63) is 23.2 Å². The number of rotatable bonds is 6. The monoisotopic (exact) mass is 284 g/mol. The molecule has 3 N–H and O–H groups in total. The number of halogens is 1. The molecule has 0 aromatic heterocycles. The minimum Gasteiger partial charge on any atom is -0.396 e. The Morgan fingerprint density at radius 3 is 2.63 bits per heavy atom. The van der Waals surface area contributed by atoms with Crippen molar-refractivity contribution < 1.29 is 9.90 Å². The third-order valence-corrected chi connectivity index (χ3v) is 3.55. The van der Waals surface area contributed by atoms with Gasteiger partial charge in [-0.05, 0) is 24.6 Å². The summed E-state index contributed by atoms with van der Waals surface area (Å²) in [5, 5.41) is 15.7. The van der Waals surface area contributed by atoms with Crippen LogP contribution in [0.3, 0.4) is 0 Å². The van der Waals surface area contributed by atoms with Gasteiger partial charge in [0.25, 0.3) is 0 Å². The van der Waals surface area contributed by atoms with Crippen LogP contribution in [0.4, 0.5) is 11.4 Å². The third kappa shape index (κ3) is 4.73. The predicted molar refractivity (Wildman–Crippen MR) is 79.7 cm³/mol. The van der Waals surface area contributed by atoms with Crippen LogP contribution < -0.4 is 10.6 Å². The van der Waals surface area contributed by atoms with E-state index in [0.29, 0.717) is 17.3 Å². The quantitative estimate of drug-likeness (QED) is 0.752. The van der Waals surface area contributed by atoms with E-state index in [9.17, 15) is 9.90 Å². The molecule has 1 amide bonds. The largest absolute Gasteiger partial charge is 0.396 e. The number of aliphatic hydroxyl groups excluding tert-OH is 1. The van der Waals surface area contributed by atoms with Gasteiger partial charge in [0.1, 0.15) is 0 Å². The van der Waals surface area contributed by atoms with Crippen LogP contribution in [0.25, 0.3) is 0 Å². The average Bonchev–Trinajstić information content (AvgIpc) is 2.38. The van der Waals surface area contributed by atoms with E-state index in [-0.39, 0.29) is 17.9 Å². The molecule has 4 nitrogen and oxygen atoms in total. The van der Waals surface area contributed by atoms with Gasteiger partial charge in [-0.2, -0.15) is 0 Å². The maximum absolute atomic E-state index is 11.0. The van der Waals surface area contributed by atoms with Crippen LogP contribution >= 0.6 is 11.6 Å². The fourth-order valence-electron chi connectivity index (χ4n) is 1.52. The Morgan fingerprint density at radius 2 is 2.16 bits per heavy atom. The number of nitrogens with one attached hydrogen (secondary N) is 2. The smallest absolute Gasteiger partial charge is 0.221 e. The SMILES string of the molecule is CCC(C)(CO)CNc1ccc(NC(C)=O)c(Cl)c1. The average molecular weight is 285 g/mol. The minimum absolute atomic E-state index is 0.133. The van der Waals surface area contributed by atoms with Crippen molar-refractivity contribution in [1.29, 1.82) is 0 Å². The standard InChI is InChI=1S/C14H21ClN2O2/c1-4-14(3,9-18)8-16-11-5-6-13(12(15)7-11)17-10(2)19/h5-7,16,18H,4,8-9H2,1-3H3,(H,17,19). The topological polar surface area (TPSA) is 61.4 Å². The summed E-state index contributed by atoms with van der Waals surface area (Å²) in [6, 6.07) is 5.37. The third-order valence-electron chi connectivity index (χ3n) is 3.23. The number of anilines is 2. The summed E-state index contributed by atoms with van der Waals surface area (Å²) in [5.74, 6) is -0.151. The van der Waals surface area contributed by atoms with Crippen molar-refractivity contribution in [1.82, 2.24) is 0 Å². The van der Waals surface area contributed by atoms with Crippen molar-refractivity contribution in [3.63, 3.8) is 0 Å². The lowest BCUT2D eigenvalue weighted by molar-refractivity contribution is -0.114. The van der Waals surface area contributed by atoms with Gasteiger partial charge >= 0.3 is 0 Å². The highest BCUT2D eigenvalue weighted by atomic mass is 35.5. The Hall–Kier alpha value is -1.26. The number of amides is 1. The molecule has 19 heavy (non-hydrogen) atoms. The highest BCUT2D eigenvalue weighted by Crippen LogP contribution is 2.27. The molecule has 0 bridgehead atoms. The number of carbonyl (C=O) groups is 1. The van der Waals surface area contributed by atoms with Gasteiger partial charge in [-0.3, -0.25) is 4.79 Å². The second kappa shape index (κ2) is 6.78. The van der Waals surface area contributed by atoms with Crippen LogP contribution in [0, 0.1) is 5.41 Å². The molecule has 0 aliphatic heterocycles. The first-order valence-corrected chi connectivity index (χ1v) is 6.70. The van der Waals surface area contributed by atoms with Gasteiger partial charge < -0.3 is 15.7 Å². The molecule has 0 aliphatic rings. The lowest BCUT2D eigenvalue weighted by Gasteiger charge is -2.26. The molecule has 1 rings (SSSR count). The molecule has 0 fully saturated rings. The molecule has 1 aromatic carbocycles. The van der Waals surface area contributed by atoms with Crippen LogP contribution in [-0.4, -0.2) is 24.2 Å². The molecule has 1 atom stereocenters. The number of benzene rings is 1. The normalized spacial score (nSPS) is 13.7. The molecule has 0 saturated heterocycles. The van der Waals surface area contributed by atoms with Crippen molar-refractivity contribution in [2.24, 2.45) is 5.41 Å². The van der Waals surface area contributed by atoms with E-state index in [2.05, 4.69) is 10.6 Å². The van der Waals surface area contributed by atoms with Crippen molar-refractivity contribution in [2.75, 3.05) is 23.8 Å². The Bertz CT molecular complexity index is 445. The number of aliphatic hydroxyl groups is 1.